The van der Waals surface area contributed by atoms with Crippen LogP contribution in [0.15, 0.2) is 24.3 Å². The molecule has 0 unspecified atom stereocenters. The van der Waals surface area contributed by atoms with Gasteiger partial charge in [-0.3, -0.25) is 4.31 Å². The summed E-state index contributed by atoms with van der Waals surface area (Å²) in [6.45, 7) is 0. The molecule has 0 saturated heterocycles. The molecule has 0 aromatic heterocycles. The molecule has 1 rings (SSSR count). The first-order valence-electron chi connectivity index (χ1n) is 3.98. The zero-order chi connectivity index (χ0) is 12.6. The molecule has 0 aliphatic heterocycles. The van der Waals surface area contributed by atoms with Crippen molar-refractivity contribution in [2.75, 3.05) is 11.4 Å². The minimum atomic E-state index is -4.45. The van der Waals surface area contributed by atoms with E-state index in [0.29, 0.717) is 4.31 Å². The Kier molecular flexibility index (Phi) is 3.39. The molecule has 8 heteroatoms. The van der Waals surface area contributed by atoms with Crippen molar-refractivity contribution in [1.29, 1.82) is 0 Å². The fourth-order valence-electron chi connectivity index (χ4n) is 0.986. The lowest BCUT2D eigenvalue weighted by molar-refractivity contribution is -0.137. The second kappa shape index (κ2) is 4.14. The van der Waals surface area contributed by atoms with E-state index in [0.717, 1.165) is 31.3 Å². The van der Waals surface area contributed by atoms with Crippen LogP contribution >= 0.6 is 10.7 Å². The number of halogens is 4. The van der Waals surface area contributed by atoms with Crippen LogP contribution < -0.4 is 4.31 Å². The van der Waals surface area contributed by atoms with Gasteiger partial charge in [-0.15, -0.1) is 0 Å². The van der Waals surface area contributed by atoms with Crippen molar-refractivity contribution in [3.63, 3.8) is 0 Å². The van der Waals surface area contributed by atoms with E-state index in [1.807, 2.05) is 0 Å². The number of anilines is 1. The van der Waals surface area contributed by atoms with Gasteiger partial charge in [-0.25, -0.2) is 0 Å². The van der Waals surface area contributed by atoms with Crippen LogP contribution in [0.4, 0.5) is 18.9 Å². The van der Waals surface area contributed by atoms with E-state index >= 15 is 0 Å². The summed E-state index contributed by atoms with van der Waals surface area (Å²) in [5.74, 6) is 0. The lowest BCUT2D eigenvalue weighted by atomic mass is 10.2. The molecule has 16 heavy (non-hydrogen) atoms. The van der Waals surface area contributed by atoms with E-state index < -0.39 is 21.0 Å². The highest BCUT2D eigenvalue weighted by molar-refractivity contribution is 8.14. The van der Waals surface area contributed by atoms with Crippen molar-refractivity contribution in [2.45, 2.75) is 6.18 Å². The monoisotopic (exact) mass is 273 g/mol. The van der Waals surface area contributed by atoms with Gasteiger partial charge < -0.3 is 0 Å². The molecule has 0 aliphatic carbocycles. The Labute approximate surface area is 95.0 Å². The summed E-state index contributed by atoms with van der Waals surface area (Å²) in [6.07, 6.45) is -4.45. The van der Waals surface area contributed by atoms with Crippen molar-refractivity contribution >= 4 is 25.6 Å². The summed E-state index contributed by atoms with van der Waals surface area (Å²) in [5, 5.41) is 0. The van der Waals surface area contributed by atoms with E-state index in [2.05, 4.69) is 0 Å². The van der Waals surface area contributed by atoms with E-state index in [4.69, 9.17) is 10.7 Å². The van der Waals surface area contributed by atoms with Gasteiger partial charge in [0.15, 0.2) is 0 Å². The Morgan fingerprint density at radius 2 is 1.62 bits per heavy atom. The van der Waals surface area contributed by atoms with Crippen molar-refractivity contribution in [1.82, 2.24) is 0 Å². The van der Waals surface area contributed by atoms with Crippen LogP contribution in [0.3, 0.4) is 0 Å². The van der Waals surface area contributed by atoms with Gasteiger partial charge in [0.05, 0.1) is 11.3 Å². The van der Waals surface area contributed by atoms with Gasteiger partial charge in [0.1, 0.15) is 0 Å². The molecule has 0 atom stereocenters. The van der Waals surface area contributed by atoms with E-state index in [1.165, 1.54) is 0 Å². The first kappa shape index (κ1) is 13.1. The first-order chi connectivity index (χ1) is 7.12. The normalized spacial score (nSPS) is 12.6. The molecule has 0 saturated carbocycles. The van der Waals surface area contributed by atoms with Crippen LogP contribution in [0.1, 0.15) is 5.56 Å². The molecule has 0 amide bonds. The van der Waals surface area contributed by atoms with Crippen LogP contribution in [0.25, 0.3) is 0 Å². The summed E-state index contributed by atoms with van der Waals surface area (Å²) in [4.78, 5) is 0. The largest absolute Gasteiger partial charge is 0.416 e. The number of rotatable bonds is 2. The lowest BCUT2D eigenvalue weighted by Crippen LogP contribution is -2.21. The summed E-state index contributed by atoms with van der Waals surface area (Å²) in [7, 11) is 2.19. The van der Waals surface area contributed by atoms with Gasteiger partial charge in [-0.1, -0.05) is 0 Å². The summed E-state index contributed by atoms with van der Waals surface area (Å²) >= 11 is 0. The average molecular weight is 274 g/mol. The highest BCUT2D eigenvalue weighted by atomic mass is 35.7. The van der Waals surface area contributed by atoms with Crippen molar-refractivity contribution < 1.29 is 21.6 Å². The molecule has 0 bridgehead atoms. The molecular weight excluding hydrogens is 267 g/mol. The van der Waals surface area contributed by atoms with Crippen molar-refractivity contribution in [3.05, 3.63) is 29.8 Å². The van der Waals surface area contributed by atoms with Gasteiger partial charge in [-0.05, 0) is 24.3 Å². The highest BCUT2D eigenvalue weighted by Crippen LogP contribution is 2.30. The molecule has 0 N–H and O–H groups in total. The van der Waals surface area contributed by atoms with Crippen LogP contribution in [0.5, 0.6) is 0 Å². The third kappa shape index (κ3) is 3.02. The van der Waals surface area contributed by atoms with Crippen LogP contribution in [0.2, 0.25) is 0 Å². The lowest BCUT2D eigenvalue weighted by Gasteiger charge is -2.15. The Morgan fingerprint density at radius 3 is 1.94 bits per heavy atom. The molecule has 0 spiro atoms. The second-order valence-corrected chi connectivity index (χ2v) is 5.50. The zero-order valence-corrected chi connectivity index (χ0v) is 9.57. The SMILES string of the molecule is CN(c1ccc(C(F)(F)F)cc1)S(=O)(=O)Cl. The number of alkyl halides is 3. The zero-order valence-electron chi connectivity index (χ0n) is 7.99. The minimum Gasteiger partial charge on any atom is -0.261 e. The van der Waals surface area contributed by atoms with Gasteiger partial charge in [0.2, 0.25) is 0 Å². The quantitative estimate of drug-likeness (QED) is 0.777. The average Bonchev–Trinajstić information content (AvgIpc) is 2.14. The maximum atomic E-state index is 12.2. The van der Waals surface area contributed by atoms with Crippen molar-refractivity contribution in [2.24, 2.45) is 0 Å². The molecule has 0 radical (unpaired) electrons. The second-order valence-electron chi connectivity index (χ2n) is 2.95. The van der Waals surface area contributed by atoms with Crippen LogP contribution in [-0.4, -0.2) is 15.5 Å². The van der Waals surface area contributed by atoms with Crippen LogP contribution in [0, 0.1) is 0 Å². The third-order valence-corrected chi connectivity index (χ3v) is 3.37. The molecule has 0 heterocycles. The molecular formula is C8H7ClF3NO2S. The van der Waals surface area contributed by atoms with E-state index in [-0.39, 0.29) is 5.69 Å². The van der Waals surface area contributed by atoms with Crippen LogP contribution in [-0.2, 0) is 15.4 Å². The van der Waals surface area contributed by atoms with Gasteiger partial charge in [-0.2, -0.15) is 21.6 Å². The van der Waals surface area contributed by atoms with E-state index in [1.54, 1.807) is 0 Å². The Bertz CT molecular complexity index is 469. The molecule has 0 aliphatic rings. The standard InChI is InChI=1S/C8H7ClF3NO2S/c1-13(16(9,14)15)7-4-2-6(3-5-7)8(10,11)12/h2-5H,1H3. The topological polar surface area (TPSA) is 37.4 Å². The molecule has 1 aromatic carbocycles. The van der Waals surface area contributed by atoms with Gasteiger partial charge >= 0.3 is 15.4 Å². The van der Waals surface area contributed by atoms with E-state index in [9.17, 15) is 21.6 Å². The Hall–Kier alpha value is -0.950. The summed E-state index contributed by atoms with van der Waals surface area (Å²) in [5.41, 5.74) is -0.792. The number of nitrogens with zero attached hydrogens (tertiary/aromatic N) is 1. The fourth-order valence-corrected chi connectivity index (χ4v) is 1.60. The maximum Gasteiger partial charge on any atom is 0.416 e. The predicted molar refractivity (Wildman–Crippen MR) is 54.6 cm³/mol. The summed E-state index contributed by atoms with van der Waals surface area (Å²) < 4.78 is 59.0. The fraction of sp³-hybridized carbons (Fsp3) is 0.250. The smallest absolute Gasteiger partial charge is 0.261 e. The Balaban J connectivity index is 3.05. The molecule has 3 nitrogen and oxygen atoms in total. The van der Waals surface area contributed by atoms with Gasteiger partial charge in [0.25, 0.3) is 0 Å². The Morgan fingerprint density at radius 1 is 1.19 bits per heavy atom. The third-order valence-electron chi connectivity index (χ3n) is 1.89. The first-order valence-corrected chi connectivity index (χ1v) is 6.25. The van der Waals surface area contributed by atoms with Gasteiger partial charge in [0, 0.05) is 17.7 Å². The number of benzene rings is 1. The highest BCUT2D eigenvalue weighted by Gasteiger charge is 2.30. The molecule has 1 aromatic rings. The predicted octanol–water partition coefficient (Wildman–Crippen LogP) is 2.63. The molecule has 90 valence electrons. The molecule has 0 fully saturated rings. The summed E-state index contributed by atoms with van der Waals surface area (Å²) in [6, 6.07) is 3.63. The number of hydrogen-bond acceptors (Lipinski definition) is 2. The maximum absolute atomic E-state index is 12.2. The number of hydrogen-bond donors (Lipinski definition) is 0. The minimum absolute atomic E-state index is 0.0583. The van der Waals surface area contributed by atoms with Crippen molar-refractivity contribution in [3.8, 4) is 0 Å².